The molecule has 1 fully saturated rings. The highest BCUT2D eigenvalue weighted by molar-refractivity contribution is 5.80. The van der Waals surface area contributed by atoms with Gasteiger partial charge in [0.25, 0.3) is 0 Å². The predicted octanol–water partition coefficient (Wildman–Crippen LogP) is 3.76. The van der Waals surface area contributed by atoms with Crippen LogP contribution < -0.4 is 5.32 Å². The maximum atomic E-state index is 14.0. The van der Waals surface area contributed by atoms with E-state index in [0.29, 0.717) is 18.7 Å². The summed E-state index contributed by atoms with van der Waals surface area (Å²) < 4.78 is 35.2. The third kappa shape index (κ3) is 2.92. The van der Waals surface area contributed by atoms with Crippen LogP contribution >= 0.6 is 0 Å². The van der Waals surface area contributed by atoms with Gasteiger partial charge in [-0.15, -0.1) is 0 Å². The van der Waals surface area contributed by atoms with E-state index in [4.69, 9.17) is 4.74 Å². The number of alkyl halides is 2. The Bertz CT molecular complexity index is 657. The van der Waals surface area contributed by atoms with Crippen molar-refractivity contribution in [1.29, 1.82) is 0 Å². The van der Waals surface area contributed by atoms with Crippen LogP contribution in [0.1, 0.15) is 32.0 Å². The van der Waals surface area contributed by atoms with Crippen molar-refractivity contribution < 1.29 is 13.5 Å². The van der Waals surface area contributed by atoms with Crippen LogP contribution in [-0.2, 0) is 17.2 Å². The van der Waals surface area contributed by atoms with Gasteiger partial charge in [0.05, 0.1) is 23.7 Å². The Hall–Kier alpha value is -1.69. The van der Waals surface area contributed by atoms with Gasteiger partial charge in [0.15, 0.2) is 5.82 Å². The minimum absolute atomic E-state index is 0.0174. The summed E-state index contributed by atoms with van der Waals surface area (Å²) in [6.45, 7) is 2.03. The van der Waals surface area contributed by atoms with Gasteiger partial charge in [-0.1, -0.05) is 0 Å². The molecule has 0 saturated carbocycles. The third-order valence-corrected chi connectivity index (χ3v) is 4.09. The number of anilines is 1. The summed E-state index contributed by atoms with van der Waals surface area (Å²) >= 11 is 0. The summed E-state index contributed by atoms with van der Waals surface area (Å²) in [6, 6.07) is 5.51. The van der Waals surface area contributed by atoms with E-state index < -0.39 is 5.92 Å². The second-order valence-electron chi connectivity index (χ2n) is 5.88. The summed E-state index contributed by atoms with van der Waals surface area (Å²) in [6.07, 6.45) is 3.02. The highest BCUT2D eigenvalue weighted by atomic mass is 19.3. The Morgan fingerprint density at radius 3 is 2.86 bits per heavy atom. The molecule has 1 unspecified atom stereocenters. The average Bonchev–Trinajstić information content (AvgIpc) is 2.86. The van der Waals surface area contributed by atoms with Crippen LogP contribution in [0.4, 0.5) is 14.5 Å². The molecular weight excluding hydrogens is 288 g/mol. The number of hydrogen-bond acceptors (Lipinski definition) is 3. The van der Waals surface area contributed by atoms with E-state index in [1.165, 1.54) is 0 Å². The first kappa shape index (κ1) is 15.2. The van der Waals surface area contributed by atoms with Gasteiger partial charge in [-0.05, 0) is 37.5 Å². The molecule has 22 heavy (non-hydrogen) atoms. The van der Waals surface area contributed by atoms with Gasteiger partial charge in [0, 0.05) is 26.3 Å². The van der Waals surface area contributed by atoms with E-state index in [1.54, 1.807) is 17.7 Å². The number of hydrogen-bond donors (Lipinski definition) is 1. The number of nitrogens with one attached hydrogen (secondary N) is 1. The van der Waals surface area contributed by atoms with Crippen LogP contribution in [0.3, 0.4) is 0 Å². The van der Waals surface area contributed by atoms with E-state index in [2.05, 4.69) is 10.3 Å². The molecule has 0 spiro atoms. The van der Waals surface area contributed by atoms with E-state index in [1.807, 2.05) is 12.1 Å². The lowest BCUT2D eigenvalue weighted by Crippen LogP contribution is -2.27. The maximum Gasteiger partial charge on any atom is 0.302 e. The zero-order valence-electron chi connectivity index (χ0n) is 12.9. The molecule has 1 atom stereocenters. The van der Waals surface area contributed by atoms with Gasteiger partial charge in [-0.25, -0.2) is 4.98 Å². The summed E-state index contributed by atoms with van der Waals surface area (Å²) in [5.41, 5.74) is 2.17. The zero-order chi connectivity index (χ0) is 15.7. The van der Waals surface area contributed by atoms with Crippen LogP contribution in [0.25, 0.3) is 11.0 Å². The van der Waals surface area contributed by atoms with E-state index >= 15 is 0 Å². The molecule has 1 aliphatic heterocycles. The lowest BCUT2D eigenvalue weighted by molar-refractivity contribution is -0.0112. The summed E-state index contributed by atoms with van der Waals surface area (Å²) in [7, 11) is 1.80. The molecule has 4 nitrogen and oxygen atoms in total. The number of halogens is 2. The Labute approximate surface area is 128 Å². The first-order valence-electron chi connectivity index (χ1n) is 7.67. The Morgan fingerprint density at radius 2 is 2.23 bits per heavy atom. The van der Waals surface area contributed by atoms with Crippen molar-refractivity contribution in [2.45, 2.75) is 44.8 Å². The lowest BCUT2D eigenvalue weighted by atomic mass is 10.1. The van der Waals surface area contributed by atoms with Crippen molar-refractivity contribution in [2.75, 3.05) is 19.0 Å². The first-order chi connectivity index (χ1) is 10.5. The molecule has 3 rings (SSSR count). The van der Waals surface area contributed by atoms with E-state index in [9.17, 15) is 8.78 Å². The minimum Gasteiger partial charge on any atom is -0.388 e. The lowest BCUT2D eigenvalue weighted by Gasteiger charge is -2.24. The largest absolute Gasteiger partial charge is 0.388 e. The van der Waals surface area contributed by atoms with Crippen LogP contribution in [0.15, 0.2) is 18.2 Å². The van der Waals surface area contributed by atoms with E-state index in [-0.39, 0.29) is 11.9 Å². The topological polar surface area (TPSA) is 39.1 Å². The molecule has 2 heterocycles. The van der Waals surface area contributed by atoms with Crippen molar-refractivity contribution in [3.05, 3.63) is 24.0 Å². The minimum atomic E-state index is -2.98. The van der Waals surface area contributed by atoms with Gasteiger partial charge in [-0.3, -0.25) is 0 Å². The summed E-state index contributed by atoms with van der Waals surface area (Å²) in [5.74, 6) is -3.17. The van der Waals surface area contributed by atoms with E-state index in [0.717, 1.165) is 37.4 Å². The Balaban J connectivity index is 2.04. The average molecular weight is 309 g/mol. The smallest absolute Gasteiger partial charge is 0.302 e. The maximum absolute atomic E-state index is 14.0. The molecule has 6 heteroatoms. The van der Waals surface area contributed by atoms with Crippen molar-refractivity contribution in [1.82, 2.24) is 9.55 Å². The molecule has 0 radical (unpaired) electrons. The molecule has 1 aromatic heterocycles. The fourth-order valence-corrected chi connectivity index (χ4v) is 2.96. The SMILES string of the molecule is CNc1ccc2c(c1)nc(C(C)(F)F)n2CC1CCCCO1. The number of ether oxygens (including phenoxy) is 1. The number of benzene rings is 1. The number of aromatic nitrogens is 2. The number of nitrogens with zero attached hydrogens (tertiary/aromatic N) is 2. The second-order valence-corrected chi connectivity index (χ2v) is 5.88. The first-order valence-corrected chi connectivity index (χ1v) is 7.67. The van der Waals surface area contributed by atoms with Gasteiger partial charge >= 0.3 is 5.92 Å². The molecule has 1 aliphatic rings. The quantitative estimate of drug-likeness (QED) is 0.934. The molecule has 0 bridgehead atoms. The van der Waals surface area contributed by atoms with Crippen LogP contribution in [0.5, 0.6) is 0 Å². The Kier molecular flexibility index (Phi) is 4.04. The highest BCUT2D eigenvalue weighted by Gasteiger charge is 2.33. The van der Waals surface area contributed by atoms with Crippen molar-refractivity contribution in [3.8, 4) is 0 Å². The fourth-order valence-electron chi connectivity index (χ4n) is 2.96. The molecule has 120 valence electrons. The van der Waals surface area contributed by atoms with Gasteiger partial charge < -0.3 is 14.6 Å². The number of fused-ring (bicyclic) bond motifs is 1. The number of rotatable bonds is 4. The molecule has 0 aliphatic carbocycles. The second kappa shape index (κ2) is 5.83. The standard InChI is InChI=1S/C16H21F2N3O/c1-16(17,18)15-20-13-9-11(19-2)6-7-14(13)21(15)10-12-5-3-4-8-22-12/h6-7,9,12,19H,3-5,8,10H2,1-2H3. The van der Waals surface area contributed by atoms with Gasteiger partial charge in [0.1, 0.15) is 0 Å². The van der Waals surface area contributed by atoms with Gasteiger partial charge in [-0.2, -0.15) is 8.78 Å². The molecule has 1 aromatic carbocycles. The van der Waals surface area contributed by atoms with Crippen molar-refractivity contribution in [3.63, 3.8) is 0 Å². The molecule has 1 N–H and O–H groups in total. The molecule has 0 amide bonds. The highest BCUT2D eigenvalue weighted by Crippen LogP contribution is 2.31. The fraction of sp³-hybridized carbons (Fsp3) is 0.562. The summed E-state index contributed by atoms with van der Waals surface area (Å²) in [4.78, 5) is 4.18. The molecular formula is C16H21F2N3O. The normalized spacial score (nSPS) is 19.5. The van der Waals surface area contributed by atoms with Gasteiger partial charge in [0.2, 0.25) is 0 Å². The molecule has 1 saturated heterocycles. The summed E-state index contributed by atoms with van der Waals surface area (Å²) in [5, 5.41) is 3.01. The van der Waals surface area contributed by atoms with Crippen LogP contribution in [0, 0.1) is 0 Å². The number of imidazole rings is 1. The van der Waals surface area contributed by atoms with Crippen molar-refractivity contribution >= 4 is 16.7 Å². The zero-order valence-corrected chi connectivity index (χ0v) is 12.9. The Morgan fingerprint density at radius 1 is 1.41 bits per heavy atom. The monoisotopic (exact) mass is 309 g/mol. The van der Waals surface area contributed by atoms with Crippen LogP contribution in [0.2, 0.25) is 0 Å². The van der Waals surface area contributed by atoms with Crippen LogP contribution in [-0.4, -0.2) is 29.3 Å². The predicted molar refractivity (Wildman–Crippen MR) is 82.4 cm³/mol. The third-order valence-electron chi connectivity index (χ3n) is 4.09. The molecule has 2 aromatic rings. The van der Waals surface area contributed by atoms with Crippen molar-refractivity contribution in [2.24, 2.45) is 0 Å².